The average molecular weight is 274 g/mol. The monoisotopic (exact) mass is 274 g/mol. The van der Waals surface area contributed by atoms with Crippen LogP contribution in [0.15, 0.2) is 35.0 Å². The van der Waals surface area contributed by atoms with Gasteiger partial charge in [0, 0.05) is 5.39 Å². The zero-order valence-electron chi connectivity index (χ0n) is 11.1. The first-order valence-electron chi connectivity index (χ1n) is 6.56. The van der Waals surface area contributed by atoms with E-state index < -0.39 is 0 Å². The van der Waals surface area contributed by atoms with Crippen molar-refractivity contribution in [1.29, 1.82) is 0 Å². The van der Waals surface area contributed by atoms with Crippen molar-refractivity contribution in [3.8, 4) is 0 Å². The van der Waals surface area contributed by atoms with Gasteiger partial charge in [-0.25, -0.2) is 9.37 Å². The lowest BCUT2D eigenvalue weighted by atomic mass is 10.2. The number of hydrogen-bond donors (Lipinski definition) is 2. The van der Waals surface area contributed by atoms with E-state index in [0.717, 1.165) is 18.4 Å². The Labute approximate surface area is 115 Å². The maximum absolute atomic E-state index is 13.7. The zero-order valence-corrected chi connectivity index (χ0v) is 11.1. The Hall–Kier alpha value is -2.21. The summed E-state index contributed by atoms with van der Waals surface area (Å²) < 4.78 is 19.4. The number of furan rings is 1. The predicted octanol–water partition coefficient (Wildman–Crippen LogP) is 2.78. The van der Waals surface area contributed by atoms with Gasteiger partial charge in [0.05, 0.1) is 0 Å². The second-order valence-corrected chi connectivity index (χ2v) is 4.56. The number of nitrogens with zero attached hydrogens (tertiary/aromatic N) is 2. The summed E-state index contributed by atoms with van der Waals surface area (Å²) in [5.41, 5.74) is 0.269. The van der Waals surface area contributed by atoms with Crippen molar-refractivity contribution >= 4 is 11.0 Å². The summed E-state index contributed by atoms with van der Waals surface area (Å²) in [5, 5.41) is 10.7. The highest BCUT2D eigenvalue weighted by Gasteiger charge is 2.21. The normalized spacial score (nSPS) is 12.9. The maximum atomic E-state index is 13.7. The predicted molar refractivity (Wildman–Crippen MR) is 72.7 cm³/mol. The van der Waals surface area contributed by atoms with Crippen LogP contribution in [0.1, 0.15) is 31.0 Å². The zero-order chi connectivity index (χ0) is 13.9. The van der Waals surface area contributed by atoms with Gasteiger partial charge in [0.1, 0.15) is 24.0 Å². The molecule has 104 valence electrons. The molecule has 1 unspecified atom stereocenters. The number of hydrogen-bond acceptors (Lipinski definition) is 4. The minimum absolute atomic E-state index is 0.260. The molecule has 0 aliphatic carbocycles. The number of benzene rings is 1. The van der Waals surface area contributed by atoms with E-state index in [9.17, 15) is 4.39 Å². The van der Waals surface area contributed by atoms with Crippen LogP contribution in [0.2, 0.25) is 0 Å². The maximum Gasteiger partial charge on any atom is 0.169 e. The van der Waals surface area contributed by atoms with E-state index in [2.05, 4.69) is 27.4 Å². The molecule has 0 aliphatic heterocycles. The third kappa shape index (κ3) is 2.30. The van der Waals surface area contributed by atoms with Crippen molar-refractivity contribution in [2.45, 2.75) is 19.4 Å². The largest absolute Gasteiger partial charge is 0.456 e. The molecule has 0 bridgehead atoms. The highest BCUT2D eigenvalue weighted by molar-refractivity contribution is 5.78. The second-order valence-electron chi connectivity index (χ2n) is 4.56. The van der Waals surface area contributed by atoms with Gasteiger partial charge in [-0.05, 0) is 25.1 Å². The summed E-state index contributed by atoms with van der Waals surface area (Å²) in [4.78, 5) is 4.16. The van der Waals surface area contributed by atoms with Crippen LogP contribution in [-0.4, -0.2) is 21.7 Å². The molecule has 0 aliphatic rings. The van der Waals surface area contributed by atoms with E-state index in [1.807, 2.05) is 12.1 Å². The molecule has 2 N–H and O–H groups in total. The molecule has 0 fully saturated rings. The number of aromatic nitrogens is 3. The SMILES string of the molecule is CCCNC(c1ncn[nH]1)c1cc2cccc(F)c2o1. The smallest absolute Gasteiger partial charge is 0.169 e. The van der Waals surface area contributed by atoms with Gasteiger partial charge in [-0.15, -0.1) is 0 Å². The number of halogens is 1. The van der Waals surface area contributed by atoms with E-state index in [1.165, 1.54) is 12.4 Å². The summed E-state index contributed by atoms with van der Waals surface area (Å²) in [5.74, 6) is 0.911. The third-order valence-electron chi connectivity index (χ3n) is 3.11. The summed E-state index contributed by atoms with van der Waals surface area (Å²) in [7, 11) is 0. The number of rotatable bonds is 5. The van der Waals surface area contributed by atoms with Crippen LogP contribution in [0.25, 0.3) is 11.0 Å². The van der Waals surface area contributed by atoms with E-state index in [-0.39, 0.29) is 17.4 Å². The van der Waals surface area contributed by atoms with Gasteiger partial charge >= 0.3 is 0 Å². The Bertz CT molecular complexity index is 692. The van der Waals surface area contributed by atoms with Crippen molar-refractivity contribution in [3.63, 3.8) is 0 Å². The van der Waals surface area contributed by atoms with Crippen LogP contribution in [0, 0.1) is 5.82 Å². The molecule has 0 amide bonds. The summed E-state index contributed by atoms with van der Waals surface area (Å²) in [6, 6.07) is 6.44. The van der Waals surface area contributed by atoms with Crippen LogP contribution in [0.4, 0.5) is 4.39 Å². The van der Waals surface area contributed by atoms with Crippen molar-refractivity contribution < 1.29 is 8.81 Å². The summed E-state index contributed by atoms with van der Waals surface area (Å²) in [6.07, 6.45) is 2.42. The third-order valence-corrected chi connectivity index (χ3v) is 3.11. The average Bonchev–Trinajstić information content (AvgIpc) is 3.09. The molecule has 0 saturated carbocycles. The fourth-order valence-corrected chi connectivity index (χ4v) is 2.16. The lowest BCUT2D eigenvalue weighted by molar-refractivity contribution is 0.448. The van der Waals surface area contributed by atoms with Gasteiger partial charge in [-0.2, -0.15) is 5.10 Å². The van der Waals surface area contributed by atoms with Crippen LogP contribution in [0.3, 0.4) is 0 Å². The first kappa shape index (κ1) is 12.8. The molecule has 0 radical (unpaired) electrons. The minimum Gasteiger partial charge on any atom is -0.456 e. The van der Waals surface area contributed by atoms with E-state index >= 15 is 0 Å². The van der Waals surface area contributed by atoms with Crippen LogP contribution >= 0.6 is 0 Å². The molecule has 1 atom stereocenters. The molecule has 0 saturated heterocycles. The Morgan fingerprint density at radius 2 is 2.35 bits per heavy atom. The number of para-hydroxylation sites is 1. The Balaban J connectivity index is 2.02. The number of fused-ring (bicyclic) bond motifs is 1. The van der Waals surface area contributed by atoms with Crippen LogP contribution < -0.4 is 5.32 Å². The molecule has 3 rings (SSSR count). The first-order chi connectivity index (χ1) is 9.79. The number of H-pyrrole nitrogens is 1. The summed E-state index contributed by atoms with van der Waals surface area (Å²) >= 11 is 0. The topological polar surface area (TPSA) is 66.7 Å². The van der Waals surface area contributed by atoms with Crippen molar-refractivity contribution in [3.05, 3.63) is 48.0 Å². The van der Waals surface area contributed by atoms with Gasteiger partial charge in [0.15, 0.2) is 11.4 Å². The van der Waals surface area contributed by atoms with E-state index in [0.29, 0.717) is 11.6 Å². The molecular formula is C14H15FN4O. The highest BCUT2D eigenvalue weighted by Crippen LogP contribution is 2.28. The lowest BCUT2D eigenvalue weighted by Crippen LogP contribution is -2.23. The Morgan fingerprint density at radius 1 is 1.45 bits per heavy atom. The van der Waals surface area contributed by atoms with Gasteiger partial charge < -0.3 is 9.73 Å². The molecule has 5 nitrogen and oxygen atoms in total. The highest BCUT2D eigenvalue weighted by atomic mass is 19.1. The molecule has 1 aromatic carbocycles. The van der Waals surface area contributed by atoms with Gasteiger partial charge in [0.25, 0.3) is 0 Å². The Morgan fingerprint density at radius 3 is 3.05 bits per heavy atom. The Kier molecular flexibility index (Phi) is 3.47. The molecular weight excluding hydrogens is 259 g/mol. The van der Waals surface area contributed by atoms with Crippen LogP contribution in [0.5, 0.6) is 0 Å². The molecule has 3 aromatic rings. The fraction of sp³-hybridized carbons (Fsp3) is 0.286. The molecule has 2 heterocycles. The second kappa shape index (κ2) is 5.42. The lowest BCUT2D eigenvalue weighted by Gasteiger charge is -2.12. The van der Waals surface area contributed by atoms with Crippen LogP contribution in [-0.2, 0) is 0 Å². The molecule has 20 heavy (non-hydrogen) atoms. The number of nitrogens with one attached hydrogen (secondary N) is 2. The van der Waals surface area contributed by atoms with Crippen molar-refractivity contribution in [1.82, 2.24) is 20.5 Å². The van der Waals surface area contributed by atoms with Gasteiger partial charge in [-0.3, -0.25) is 5.10 Å². The van der Waals surface area contributed by atoms with Crippen molar-refractivity contribution in [2.24, 2.45) is 0 Å². The summed E-state index contributed by atoms with van der Waals surface area (Å²) in [6.45, 7) is 2.87. The van der Waals surface area contributed by atoms with E-state index in [1.54, 1.807) is 6.07 Å². The molecule has 6 heteroatoms. The molecule has 2 aromatic heterocycles. The standard InChI is InChI=1S/C14H15FN4O/c1-2-6-16-12(14-17-8-18-19-14)11-7-9-4-3-5-10(15)13(9)20-11/h3-5,7-8,12,16H,2,6H2,1H3,(H,17,18,19). The van der Waals surface area contributed by atoms with Crippen molar-refractivity contribution in [2.75, 3.05) is 6.54 Å². The fourth-order valence-electron chi connectivity index (χ4n) is 2.16. The molecule has 0 spiro atoms. The van der Waals surface area contributed by atoms with Gasteiger partial charge in [0.2, 0.25) is 0 Å². The minimum atomic E-state index is -0.361. The quantitative estimate of drug-likeness (QED) is 0.750. The number of aromatic amines is 1. The van der Waals surface area contributed by atoms with Gasteiger partial charge in [-0.1, -0.05) is 19.1 Å². The first-order valence-corrected chi connectivity index (χ1v) is 6.56. The van der Waals surface area contributed by atoms with E-state index in [4.69, 9.17) is 4.42 Å².